The molecule has 0 N–H and O–H groups in total. The zero-order valence-electron chi connectivity index (χ0n) is 17.3. The fourth-order valence-corrected chi connectivity index (χ4v) is 5.82. The van der Waals surface area contributed by atoms with Gasteiger partial charge < -0.3 is 4.74 Å². The van der Waals surface area contributed by atoms with E-state index in [0.29, 0.717) is 0 Å². The van der Waals surface area contributed by atoms with Crippen LogP contribution in [0, 0.1) is 0 Å². The molecule has 3 aliphatic heterocycles. The van der Waals surface area contributed by atoms with E-state index in [1.807, 2.05) is 0 Å². The van der Waals surface area contributed by atoms with E-state index < -0.39 is 0 Å². The molecule has 1 atom stereocenters. The molecule has 2 aromatic rings. The van der Waals surface area contributed by atoms with E-state index in [1.54, 1.807) is 0 Å². The summed E-state index contributed by atoms with van der Waals surface area (Å²) in [5.74, 6) is 1.11. The van der Waals surface area contributed by atoms with Crippen LogP contribution in [0.1, 0.15) is 71.4 Å². The van der Waals surface area contributed by atoms with Crippen molar-refractivity contribution in [2.24, 2.45) is 0 Å². The first-order valence-corrected chi connectivity index (χ1v) is 10.6. The Kier molecular flexibility index (Phi) is 3.45. The van der Waals surface area contributed by atoms with Crippen LogP contribution in [-0.4, -0.2) is 21.4 Å². The molecule has 0 saturated carbocycles. The normalized spacial score (nSPS) is 26.0. The van der Waals surface area contributed by atoms with Crippen LogP contribution < -0.4 is 4.74 Å². The molecular weight excluding hydrogens is 330 g/mol. The Morgan fingerprint density at radius 3 is 2.70 bits per heavy atom. The number of rotatable bonds is 3. The lowest BCUT2D eigenvalue weighted by Crippen LogP contribution is -2.35. The fourth-order valence-electron chi connectivity index (χ4n) is 5.82. The Morgan fingerprint density at radius 1 is 1.19 bits per heavy atom. The largest absolute Gasteiger partial charge is 0.487 e. The molecular formula is C25H30NO+. The lowest BCUT2D eigenvalue weighted by Gasteiger charge is -2.25. The van der Waals surface area contributed by atoms with E-state index in [1.165, 1.54) is 58.1 Å². The van der Waals surface area contributed by atoms with E-state index in [9.17, 15) is 0 Å². The molecule has 0 radical (unpaired) electrons. The zero-order chi connectivity index (χ0) is 19.0. The van der Waals surface area contributed by atoms with Gasteiger partial charge in [0.25, 0.3) is 0 Å². The minimum absolute atomic E-state index is 0.111. The third-order valence-corrected chi connectivity index (χ3v) is 6.90. The van der Waals surface area contributed by atoms with Gasteiger partial charge in [-0.25, -0.2) is 0 Å². The Morgan fingerprint density at radius 2 is 2.00 bits per heavy atom. The summed E-state index contributed by atoms with van der Waals surface area (Å²) < 4.78 is 9.12. The number of fused-ring (bicyclic) bond motifs is 4. The van der Waals surface area contributed by atoms with Crippen molar-refractivity contribution >= 4 is 22.2 Å². The summed E-state index contributed by atoms with van der Waals surface area (Å²) in [6, 6.07) is 9.23. The second-order valence-corrected chi connectivity index (χ2v) is 9.15. The predicted molar refractivity (Wildman–Crippen MR) is 113 cm³/mol. The van der Waals surface area contributed by atoms with Gasteiger partial charge in [0.05, 0.1) is 10.9 Å². The minimum atomic E-state index is -0.111. The molecule has 140 valence electrons. The molecule has 0 bridgehead atoms. The maximum Gasteiger partial charge on any atom is 0.217 e. The predicted octanol–water partition coefficient (Wildman–Crippen LogP) is 6.30. The molecule has 2 nitrogen and oxygen atoms in total. The summed E-state index contributed by atoms with van der Waals surface area (Å²) >= 11 is 0. The number of nitrogens with zero attached hydrogens (tertiary/aromatic N) is 1. The fraction of sp³-hybridized carbons (Fsp3) is 0.480. The van der Waals surface area contributed by atoms with Crippen LogP contribution in [0.2, 0.25) is 0 Å². The van der Waals surface area contributed by atoms with Crippen molar-refractivity contribution in [3.8, 4) is 5.75 Å². The van der Waals surface area contributed by atoms with E-state index in [-0.39, 0.29) is 11.1 Å². The summed E-state index contributed by atoms with van der Waals surface area (Å²) in [4.78, 5) is 0. The SMILES string of the molecule is CC=C1CC(CC)(CCC)[N+]2=C1c1cccc3c4c(cc2c13)CC(C)(C)O4. The van der Waals surface area contributed by atoms with Gasteiger partial charge in [-0.1, -0.05) is 32.1 Å². The lowest BCUT2D eigenvalue weighted by molar-refractivity contribution is -0.525. The van der Waals surface area contributed by atoms with Crippen molar-refractivity contribution in [1.82, 2.24) is 0 Å². The maximum atomic E-state index is 6.40. The molecule has 2 aromatic carbocycles. The number of hydrogen-bond acceptors (Lipinski definition) is 1. The van der Waals surface area contributed by atoms with Gasteiger partial charge >= 0.3 is 0 Å². The average molecular weight is 361 g/mol. The summed E-state index contributed by atoms with van der Waals surface area (Å²) in [5, 5.41) is 2.70. The zero-order valence-corrected chi connectivity index (χ0v) is 17.3. The summed E-state index contributed by atoms with van der Waals surface area (Å²) in [6.45, 7) is 11.3. The van der Waals surface area contributed by atoms with Gasteiger partial charge in [0.2, 0.25) is 11.4 Å². The van der Waals surface area contributed by atoms with E-state index in [4.69, 9.17) is 4.74 Å². The molecule has 3 aliphatic rings. The van der Waals surface area contributed by atoms with Crippen LogP contribution in [0.5, 0.6) is 5.75 Å². The highest BCUT2D eigenvalue weighted by Crippen LogP contribution is 2.53. The van der Waals surface area contributed by atoms with Crippen LogP contribution in [0.15, 0.2) is 35.9 Å². The molecule has 0 spiro atoms. The summed E-state index contributed by atoms with van der Waals surface area (Å²) in [5.41, 5.74) is 7.26. The number of hydrogen-bond donors (Lipinski definition) is 0. The van der Waals surface area contributed by atoms with E-state index in [2.05, 4.69) is 69.5 Å². The van der Waals surface area contributed by atoms with Crippen LogP contribution in [0.4, 0.5) is 5.69 Å². The van der Waals surface area contributed by atoms with Gasteiger partial charge in [-0.2, -0.15) is 4.58 Å². The highest BCUT2D eigenvalue weighted by Gasteiger charge is 2.54. The minimum Gasteiger partial charge on any atom is -0.487 e. The smallest absolute Gasteiger partial charge is 0.217 e. The van der Waals surface area contributed by atoms with Crippen LogP contribution in [0.3, 0.4) is 0 Å². The highest BCUT2D eigenvalue weighted by atomic mass is 16.5. The van der Waals surface area contributed by atoms with Crippen molar-refractivity contribution in [3.05, 3.63) is 47.0 Å². The van der Waals surface area contributed by atoms with Gasteiger partial charge in [0.15, 0.2) is 5.54 Å². The molecule has 3 heterocycles. The molecule has 0 fully saturated rings. The third kappa shape index (κ3) is 2.10. The lowest BCUT2D eigenvalue weighted by atomic mass is 9.83. The van der Waals surface area contributed by atoms with Crippen molar-refractivity contribution in [3.63, 3.8) is 0 Å². The number of allylic oxidation sites excluding steroid dienone is 1. The second kappa shape index (κ2) is 5.47. The Hall–Kier alpha value is -2.09. The number of benzene rings is 2. The van der Waals surface area contributed by atoms with Gasteiger partial charge in [-0.3, -0.25) is 0 Å². The molecule has 0 saturated heterocycles. The van der Waals surface area contributed by atoms with Crippen molar-refractivity contribution < 1.29 is 9.31 Å². The first-order chi connectivity index (χ1) is 12.9. The summed E-state index contributed by atoms with van der Waals surface area (Å²) in [7, 11) is 0. The topological polar surface area (TPSA) is 12.2 Å². The van der Waals surface area contributed by atoms with E-state index >= 15 is 0 Å². The summed E-state index contributed by atoms with van der Waals surface area (Å²) in [6.07, 6.45) is 8.12. The molecule has 0 amide bonds. The second-order valence-electron chi connectivity index (χ2n) is 9.15. The monoisotopic (exact) mass is 360 g/mol. The Bertz CT molecular complexity index is 1040. The Labute approximate surface area is 162 Å². The van der Waals surface area contributed by atoms with Crippen LogP contribution >= 0.6 is 0 Å². The van der Waals surface area contributed by atoms with Crippen molar-refractivity contribution in [2.45, 2.75) is 77.9 Å². The number of ether oxygens (including phenoxy) is 1. The van der Waals surface area contributed by atoms with Gasteiger partial charge in [0, 0.05) is 48.3 Å². The molecule has 0 aliphatic carbocycles. The quantitative estimate of drug-likeness (QED) is 0.585. The van der Waals surface area contributed by atoms with Crippen LogP contribution in [0.25, 0.3) is 10.8 Å². The highest BCUT2D eigenvalue weighted by molar-refractivity contribution is 6.23. The third-order valence-electron chi connectivity index (χ3n) is 6.90. The molecule has 0 aromatic heterocycles. The molecule has 27 heavy (non-hydrogen) atoms. The molecule has 1 unspecified atom stereocenters. The first-order valence-electron chi connectivity index (χ1n) is 10.6. The standard InChI is InChI=1S/C25H30NO/c1-6-12-25(8-3)15-16(7-2)22-18-10-9-11-19-21(18)20(26(22)25)13-17-14-24(4,5)27-23(17)19/h7,9-11,13H,6,8,12,14-15H2,1-5H3/q+1. The Balaban J connectivity index is 1.85. The molecule has 5 rings (SSSR count). The average Bonchev–Trinajstić information content (AvgIpc) is 3.25. The molecule has 2 heteroatoms. The maximum absolute atomic E-state index is 6.40. The van der Waals surface area contributed by atoms with Gasteiger partial charge in [-0.05, 0) is 33.3 Å². The van der Waals surface area contributed by atoms with Gasteiger partial charge in [-0.15, -0.1) is 0 Å². The van der Waals surface area contributed by atoms with Crippen molar-refractivity contribution in [2.75, 3.05) is 0 Å². The van der Waals surface area contributed by atoms with Crippen LogP contribution in [-0.2, 0) is 6.42 Å². The first kappa shape index (κ1) is 17.0. The van der Waals surface area contributed by atoms with Gasteiger partial charge in [0.1, 0.15) is 11.4 Å². The van der Waals surface area contributed by atoms with Crippen molar-refractivity contribution in [1.29, 1.82) is 0 Å². The van der Waals surface area contributed by atoms with E-state index in [0.717, 1.165) is 18.6 Å².